The lowest BCUT2D eigenvalue weighted by molar-refractivity contribution is 1.29. The molecule has 1 heteroatoms. The highest BCUT2D eigenvalue weighted by Gasteiger charge is 2.20. The number of hydrogen-bond donors (Lipinski definition) is 0. The van der Waals surface area contributed by atoms with Crippen molar-refractivity contribution in [3.05, 3.63) is 261 Å². The third-order valence-electron chi connectivity index (χ3n) is 12.3. The SMILES string of the molecule is c1ccc(-c2ccc(N(c3ccc(-c4ccc(-c5ccccc5)c(-c5ccccc5)c4)cc3)c3ccc4c(-c5ccccc5)c(-c5ccccc5)c5ccccc5c4c3)cc2)cc1. The Balaban J connectivity index is 1.07. The zero-order valence-corrected chi connectivity index (χ0v) is 34.8. The maximum Gasteiger partial charge on any atom is 0.0468 e. The van der Waals surface area contributed by atoms with Crippen LogP contribution in [-0.4, -0.2) is 0 Å². The van der Waals surface area contributed by atoms with E-state index in [9.17, 15) is 0 Å². The van der Waals surface area contributed by atoms with Crippen molar-refractivity contribution in [1.82, 2.24) is 0 Å². The van der Waals surface area contributed by atoms with Crippen LogP contribution in [0.3, 0.4) is 0 Å². The average molecular weight is 802 g/mol. The first-order chi connectivity index (χ1) is 31.3. The van der Waals surface area contributed by atoms with E-state index < -0.39 is 0 Å². The van der Waals surface area contributed by atoms with Crippen LogP contribution in [0.5, 0.6) is 0 Å². The quantitative estimate of drug-likeness (QED) is 0.131. The molecule has 0 amide bonds. The Morgan fingerprint density at radius 1 is 0.190 bits per heavy atom. The average Bonchev–Trinajstić information content (AvgIpc) is 3.37. The molecule has 11 aromatic rings. The lowest BCUT2D eigenvalue weighted by Gasteiger charge is -2.27. The lowest BCUT2D eigenvalue weighted by atomic mass is 9.85. The summed E-state index contributed by atoms with van der Waals surface area (Å²) in [5.74, 6) is 0. The predicted molar refractivity (Wildman–Crippen MR) is 269 cm³/mol. The zero-order chi connectivity index (χ0) is 42.0. The number of nitrogens with zero attached hydrogens (tertiary/aromatic N) is 1. The molecule has 11 aromatic carbocycles. The summed E-state index contributed by atoms with van der Waals surface area (Å²) >= 11 is 0. The topological polar surface area (TPSA) is 3.24 Å². The molecule has 0 aliphatic heterocycles. The van der Waals surface area contributed by atoms with Gasteiger partial charge in [0.1, 0.15) is 0 Å². The van der Waals surface area contributed by atoms with E-state index in [1.54, 1.807) is 0 Å². The predicted octanol–water partition coefficient (Wildman–Crippen LogP) is 17.5. The number of rotatable bonds is 9. The van der Waals surface area contributed by atoms with Crippen molar-refractivity contribution >= 4 is 38.6 Å². The second kappa shape index (κ2) is 16.7. The third-order valence-corrected chi connectivity index (χ3v) is 12.3. The zero-order valence-electron chi connectivity index (χ0n) is 34.8. The molecule has 1 nitrogen and oxygen atoms in total. The van der Waals surface area contributed by atoms with Crippen molar-refractivity contribution < 1.29 is 0 Å². The summed E-state index contributed by atoms with van der Waals surface area (Å²) in [6, 6.07) is 94.6. The van der Waals surface area contributed by atoms with Gasteiger partial charge < -0.3 is 4.90 Å². The summed E-state index contributed by atoms with van der Waals surface area (Å²) in [6.45, 7) is 0. The minimum absolute atomic E-state index is 1.09. The molecule has 0 radical (unpaired) electrons. The van der Waals surface area contributed by atoms with E-state index >= 15 is 0 Å². The van der Waals surface area contributed by atoms with Gasteiger partial charge in [0.2, 0.25) is 0 Å². The number of hydrogen-bond acceptors (Lipinski definition) is 1. The van der Waals surface area contributed by atoms with Crippen LogP contribution >= 0.6 is 0 Å². The van der Waals surface area contributed by atoms with Crippen molar-refractivity contribution in [3.63, 3.8) is 0 Å². The summed E-state index contributed by atoms with van der Waals surface area (Å²) in [6.07, 6.45) is 0. The molecule has 296 valence electrons. The fraction of sp³-hybridized carbons (Fsp3) is 0. The number of anilines is 3. The fourth-order valence-electron chi connectivity index (χ4n) is 9.26. The van der Waals surface area contributed by atoms with Gasteiger partial charge >= 0.3 is 0 Å². The van der Waals surface area contributed by atoms with Crippen molar-refractivity contribution in [3.8, 4) is 66.8 Å². The van der Waals surface area contributed by atoms with Gasteiger partial charge in [0.15, 0.2) is 0 Å². The highest BCUT2D eigenvalue weighted by Crippen LogP contribution is 2.47. The van der Waals surface area contributed by atoms with Crippen LogP contribution in [0.4, 0.5) is 17.1 Å². The van der Waals surface area contributed by atoms with Gasteiger partial charge in [0, 0.05) is 17.1 Å². The van der Waals surface area contributed by atoms with Crippen LogP contribution in [0.15, 0.2) is 261 Å². The van der Waals surface area contributed by atoms with Crippen LogP contribution in [-0.2, 0) is 0 Å². The normalized spacial score (nSPS) is 11.2. The second-order valence-corrected chi connectivity index (χ2v) is 16.0. The van der Waals surface area contributed by atoms with E-state index in [0.29, 0.717) is 0 Å². The molecule has 0 fully saturated rings. The summed E-state index contributed by atoms with van der Waals surface area (Å²) in [5.41, 5.74) is 17.8. The molecule has 0 bridgehead atoms. The van der Waals surface area contributed by atoms with Crippen LogP contribution in [0.25, 0.3) is 88.3 Å². The van der Waals surface area contributed by atoms with Gasteiger partial charge in [0.05, 0.1) is 0 Å². The maximum absolute atomic E-state index is 2.40. The second-order valence-electron chi connectivity index (χ2n) is 16.0. The molecule has 0 aliphatic rings. The van der Waals surface area contributed by atoms with Crippen LogP contribution in [0.1, 0.15) is 0 Å². The first kappa shape index (κ1) is 37.7. The highest BCUT2D eigenvalue weighted by molar-refractivity contribution is 6.22. The monoisotopic (exact) mass is 801 g/mol. The third kappa shape index (κ3) is 7.26. The summed E-state index contributed by atoms with van der Waals surface area (Å²) in [7, 11) is 0. The first-order valence-electron chi connectivity index (χ1n) is 21.7. The smallest absolute Gasteiger partial charge is 0.0468 e. The van der Waals surface area contributed by atoms with E-state index in [1.165, 1.54) is 88.3 Å². The van der Waals surface area contributed by atoms with Gasteiger partial charge in [-0.3, -0.25) is 0 Å². The Hall–Kier alpha value is -8.26. The lowest BCUT2D eigenvalue weighted by Crippen LogP contribution is -2.10. The number of fused-ring (bicyclic) bond motifs is 3. The van der Waals surface area contributed by atoms with Crippen LogP contribution in [0, 0.1) is 0 Å². The number of benzene rings is 11. The van der Waals surface area contributed by atoms with E-state index in [2.05, 4.69) is 266 Å². The van der Waals surface area contributed by atoms with E-state index in [4.69, 9.17) is 0 Å². The molecule has 0 atom stereocenters. The molecular formula is C62H43N. The molecule has 0 N–H and O–H groups in total. The molecular weight excluding hydrogens is 759 g/mol. The Labute approximate surface area is 369 Å². The van der Waals surface area contributed by atoms with Crippen molar-refractivity contribution in [2.24, 2.45) is 0 Å². The minimum atomic E-state index is 1.09. The molecule has 0 saturated heterocycles. The molecule has 0 spiro atoms. The Bertz CT molecular complexity index is 3320. The highest BCUT2D eigenvalue weighted by atomic mass is 15.1. The summed E-state index contributed by atoms with van der Waals surface area (Å²) < 4.78 is 0. The van der Waals surface area contributed by atoms with Crippen LogP contribution in [0.2, 0.25) is 0 Å². The molecule has 63 heavy (non-hydrogen) atoms. The van der Waals surface area contributed by atoms with Crippen molar-refractivity contribution in [2.45, 2.75) is 0 Å². The Kier molecular flexibility index (Phi) is 9.97. The Morgan fingerprint density at radius 3 is 1.08 bits per heavy atom. The van der Waals surface area contributed by atoms with E-state index in [0.717, 1.165) is 17.1 Å². The molecule has 11 rings (SSSR count). The van der Waals surface area contributed by atoms with Crippen molar-refractivity contribution in [1.29, 1.82) is 0 Å². The van der Waals surface area contributed by atoms with Gasteiger partial charge in [-0.25, -0.2) is 0 Å². The van der Waals surface area contributed by atoms with Gasteiger partial charge in [-0.05, 0) is 131 Å². The van der Waals surface area contributed by atoms with E-state index in [1.807, 2.05) is 0 Å². The summed E-state index contributed by atoms with van der Waals surface area (Å²) in [4.78, 5) is 2.40. The van der Waals surface area contributed by atoms with E-state index in [-0.39, 0.29) is 0 Å². The fourth-order valence-corrected chi connectivity index (χ4v) is 9.26. The summed E-state index contributed by atoms with van der Waals surface area (Å²) in [5, 5.41) is 4.92. The van der Waals surface area contributed by atoms with Gasteiger partial charge in [-0.15, -0.1) is 0 Å². The largest absolute Gasteiger partial charge is 0.310 e. The van der Waals surface area contributed by atoms with Crippen molar-refractivity contribution in [2.75, 3.05) is 4.90 Å². The van der Waals surface area contributed by atoms with Gasteiger partial charge in [-0.2, -0.15) is 0 Å². The minimum Gasteiger partial charge on any atom is -0.310 e. The first-order valence-corrected chi connectivity index (χ1v) is 21.7. The Morgan fingerprint density at radius 2 is 0.556 bits per heavy atom. The van der Waals surface area contributed by atoms with Crippen LogP contribution < -0.4 is 4.90 Å². The van der Waals surface area contributed by atoms with Gasteiger partial charge in [0.25, 0.3) is 0 Å². The standard InChI is InChI=1S/C62H43N/c1-6-18-44(19-7-1)45-30-35-52(36-31-45)63(53-37-32-46(33-38-53)51-34-40-55(47-20-8-2-9-21-47)59(42-51)48-22-10-3-11-23-48)54-39-41-58-60(43-54)56-28-16-17-29-57(56)61(49-24-12-4-13-25-49)62(58)50-26-14-5-15-27-50/h1-43H. The molecule has 0 unspecified atom stereocenters. The van der Waals surface area contributed by atoms with Gasteiger partial charge in [-0.1, -0.05) is 218 Å². The molecule has 0 heterocycles. The molecule has 0 aliphatic carbocycles. The maximum atomic E-state index is 2.40. The molecule has 0 aromatic heterocycles. The molecule has 0 saturated carbocycles.